The van der Waals surface area contributed by atoms with Gasteiger partial charge in [-0.2, -0.15) is 0 Å². The molecule has 39 heavy (non-hydrogen) atoms. The van der Waals surface area contributed by atoms with Gasteiger partial charge in [-0.1, -0.05) is 0 Å². The van der Waals surface area contributed by atoms with Crippen molar-refractivity contribution in [2.75, 3.05) is 18.4 Å². The number of aromatic amines is 1. The van der Waals surface area contributed by atoms with Gasteiger partial charge in [0.05, 0.1) is 18.6 Å². The molecule has 0 saturated carbocycles. The molecule has 0 spiro atoms. The minimum absolute atomic E-state index is 0.0601. The molecule has 3 heterocycles. The number of aliphatic hydroxyl groups is 1. The number of aliphatic hydroxyl groups excluding tert-OH is 1. The van der Waals surface area contributed by atoms with Gasteiger partial charge in [0.2, 0.25) is 5.91 Å². The number of amides is 1. The van der Waals surface area contributed by atoms with Crippen LogP contribution in [-0.2, 0) is 17.9 Å². The molecule has 1 fully saturated rings. The molecule has 1 aliphatic rings. The third kappa shape index (κ3) is 6.33. The first-order valence-electron chi connectivity index (χ1n) is 11.9. The van der Waals surface area contributed by atoms with Crippen LogP contribution in [0.4, 0.5) is 32.2 Å². The maximum atomic E-state index is 14.8. The fourth-order valence-corrected chi connectivity index (χ4v) is 4.58. The highest BCUT2D eigenvalue weighted by Gasteiger charge is 2.46. The number of H-pyrrole nitrogens is 1. The van der Waals surface area contributed by atoms with Gasteiger partial charge in [0.15, 0.2) is 11.6 Å². The van der Waals surface area contributed by atoms with Crippen molar-refractivity contribution in [1.82, 2.24) is 19.4 Å². The van der Waals surface area contributed by atoms with E-state index >= 15 is 0 Å². The third-order valence-corrected chi connectivity index (χ3v) is 6.69. The SMILES string of the molecule is C[C@@H](C(=O)Nc1cn(Cc2cc(F)cc(F)c2)c(C(F)F)n1)N1CCC(F)(F)C(c2c[nH]c(=O)c(CO)c2)C1. The van der Waals surface area contributed by atoms with Crippen molar-refractivity contribution in [3.63, 3.8) is 0 Å². The minimum atomic E-state index is -3.15. The molecule has 210 valence electrons. The number of piperidine rings is 1. The first-order valence-corrected chi connectivity index (χ1v) is 11.9. The van der Waals surface area contributed by atoms with E-state index in [1.165, 1.54) is 17.9 Å². The molecule has 1 unspecified atom stereocenters. The van der Waals surface area contributed by atoms with Crippen molar-refractivity contribution in [3.05, 3.63) is 81.2 Å². The molecule has 0 radical (unpaired) electrons. The second-order valence-electron chi connectivity index (χ2n) is 9.36. The maximum Gasteiger partial charge on any atom is 0.295 e. The summed E-state index contributed by atoms with van der Waals surface area (Å²) in [6, 6.07) is 2.83. The van der Waals surface area contributed by atoms with Gasteiger partial charge in [-0.3, -0.25) is 14.5 Å². The number of alkyl halides is 4. The van der Waals surface area contributed by atoms with Gasteiger partial charge >= 0.3 is 0 Å². The number of benzene rings is 1. The number of pyridine rings is 1. The van der Waals surface area contributed by atoms with Crippen LogP contribution in [0.15, 0.2) is 41.5 Å². The summed E-state index contributed by atoms with van der Waals surface area (Å²) in [7, 11) is 0. The van der Waals surface area contributed by atoms with Crippen molar-refractivity contribution in [2.45, 2.75) is 50.8 Å². The zero-order valence-electron chi connectivity index (χ0n) is 20.6. The molecule has 2 aromatic heterocycles. The van der Waals surface area contributed by atoms with Crippen LogP contribution < -0.4 is 10.9 Å². The van der Waals surface area contributed by atoms with Gasteiger partial charge in [-0.05, 0) is 36.2 Å². The normalized spacial score (nSPS) is 18.3. The van der Waals surface area contributed by atoms with E-state index in [4.69, 9.17) is 0 Å². The van der Waals surface area contributed by atoms with Gasteiger partial charge in [0.1, 0.15) is 11.6 Å². The zero-order chi connectivity index (χ0) is 28.5. The summed E-state index contributed by atoms with van der Waals surface area (Å²) in [6.45, 7) is 0.0784. The van der Waals surface area contributed by atoms with Gasteiger partial charge in [-0.15, -0.1) is 0 Å². The van der Waals surface area contributed by atoms with Crippen LogP contribution in [-0.4, -0.2) is 55.5 Å². The molecular weight excluding hydrogens is 532 g/mol. The Morgan fingerprint density at radius 2 is 1.92 bits per heavy atom. The summed E-state index contributed by atoms with van der Waals surface area (Å²) in [5.41, 5.74) is -0.521. The third-order valence-electron chi connectivity index (χ3n) is 6.69. The number of carbonyl (C=O) groups excluding carboxylic acids is 1. The molecule has 1 aromatic carbocycles. The van der Waals surface area contributed by atoms with E-state index < -0.39 is 66.3 Å². The van der Waals surface area contributed by atoms with E-state index in [0.29, 0.717) is 6.07 Å². The molecule has 1 saturated heterocycles. The van der Waals surface area contributed by atoms with Crippen LogP contribution >= 0.6 is 0 Å². The Hall–Kier alpha value is -3.65. The van der Waals surface area contributed by atoms with Crippen molar-refractivity contribution < 1.29 is 36.2 Å². The number of anilines is 1. The second kappa shape index (κ2) is 11.2. The van der Waals surface area contributed by atoms with Gasteiger partial charge < -0.3 is 20.0 Å². The fraction of sp³-hybridized carbons (Fsp3) is 0.400. The Kier molecular flexibility index (Phi) is 8.16. The lowest BCUT2D eigenvalue weighted by Gasteiger charge is -2.40. The molecule has 14 heteroatoms. The Labute approximate surface area is 218 Å². The number of nitrogens with one attached hydrogen (secondary N) is 2. The summed E-state index contributed by atoms with van der Waals surface area (Å²) >= 11 is 0. The van der Waals surface area contributed by atoms with E-state index in [1.807, 2.05) is 0 Å². The molecule has 4 rings (SSSR count). The highest BCUT2D eigenvalue weighted by molar-refractivity contribution is 5.93. The number of carbonyl (C=O) groups is 1. The number of hydrogen-bond donors (Lipinski definition) is 3. The number of hydrogen-bond acceptors (Lipinski definition) is 5. The van der Waals surface area contributed by atoms with Crippen LogP contribution in [0.25, 0.3) is 0 Å². The first kappa shape index (κ1) is 28.4. The molecule has 1 aliphatic heterocycles. The van der Waals surface area contributed by atoms with Crippen LogP contribution in [0.3, 0.4) is 0 Å². The molecule has 3 N–H and O–H groups in total. The fourth-order valence-electron chi connectivity index (χ4n) is 4.58. The average Bonchev–Trinajstić information content (AvgIpc) is 3.25. The quantitative estimate of drug-likeness (QED) is 0.366. The average molecular weight is 557 g/mol. The predicted molar refractivity (Wildman–Crippen MR) is 128 cm³/mol. The Balaban J connectivity index is 1.50. The van der Waals surface area contributed by atoms with Crippen LogP contribution in [0.2, 0.25) is 0 Å². The predicted octanol–water partition coefficient (Wildman–Crippen LogP) is 3.78. The number of likely N-dealkylation sites (tertiary alicyclic amines) is 1. The standard InChI is InChI=1S/C25H25F6N5O3/c1-13(35-3-2-25(30,31)19(10-35)15-6-16(12-37)24(39)32-8-15)23(38)34-20-11-36(22(33-20)21(28)29)9-14-4-17(26)7-18(27)5-14/h4-8,11,13,19,21,37H,2-3,9-10,12H2,1H3,(H,32,39)(H,34,38)/t13-,19?/m0/s1. The highest BCUT2D eigenvalue weighted by atomic mass is 19.3. The lowest BCUT2D eigenvalue weighted by atomic mass is 9.86. The summed E-state index contributed by atoms with van der Waals surface area (Å²) < 4.78 is 84.8. The van der Waals surface area contributed by atoms with Crippen molar-refractivity contribution in [3.8, 4) is 0 Å². The summed E-state index contributed by atoms with van der Waals surface area (Å²) in [6.07, 6.45) is -1.40. The van der Waals surface area contributed by atoms with Crippen LogP contribution in [0, 0.1) is 11.6 Å². The number of nitrogens with zero attached hydrogens (tertiary/aromatic N) is 3. The monoisotopic (exact) mass is 557 g/mol. The number of imidazole rings is 1. The molecule has 2 atom stereocenters. The number of rotatable bonds is 8. The smallest absolute Gasteiger partial charge is 0.295 e. The number of aromatic nitrogens is 3. The van der Waals surface area contributed by atoms with E-state index in [9.17, 15) is 41.0 Å². The molecule has 3 aromatic rings. The van der Waals surface area contributed by atoms with Crippen molar-refractivity contribution in [2.24, 2.45) is 0 Å². The Bertz CT molecular complexity index is 1390. The van der Waals surface area contributed by atoms with Gasteiger partial charge in [-0.25, -0.2) is 31.3 Å². The largest absolute Gasteiger partial charge is 0.391 e. The van der Waals surface area contributed by atoms with Gasteiger partial charge in [0.25, 0.3) is 17.9 Å². The molecule has 1 amide bonds. The molecule has 0 aliphatic carbocycles. The maximum absolute atomic E-state index is 14.8. The van der Waals surface area contributed by atoms with Crippen LogP contribution in [0.1, 0.15) is 48.2 Å². The van der Waals surface area contributed by atoms with E-state index in [1.54, 1.807) is 0 Å². The summed E-state index contributed by atoms with van der Waals surface area (Å²) in [5, 5.41) is 11.7. The summed E-state index contributed by atoms with van der Waals surface area (Å²) in [5.74, 6) is -7.99. The van der Waals surface area contributed by atoms with E-state index in [0.717, 1.165) is 29.1 Å². The summed E-state index contributed by atoms with van der Waals surface area (Å²) in [4.78, 5) is 32.2. The highest BCUT2D eigenvalue weighted by Crippen LogP contribution is 2.40. The lowest BCUT2D eigenvalue weighted by molar-refractivity contribution is -0.125. The Morgan fingerprint density at radius 1 is 1.23 bits per heavy atom. The molecular formula is C25H25F6N5O3. The van der Waals surface area contributed by atoms with Crippen LogP contribution in [0.5, 0.6) is 0 Å². The minimum Gasteiger partial charge on any atom is -0.391 e. The van der Waals surface area contributed by atoms with E-state index in [2.05, 4.69) is 15.3 Å². The lowest BCUT2D eigenvalue weighted by Crippen LogP contribution is -2.52. The van der Waals surface area contributed by atoms with Crippen molar-refractivity contribution in [1.29, 1.82) is 0 Å². The topological polar surface area (TPSA) is 103 Å². The first-order chi connectivity index (χ1) is 18.4. The van der Waals surface area contributed by atoms with E-state index in [-0.39, 0.29) is 42.1 Å². The Morgan fingerprint density at radius 3 is 2.56 bits per heavy atom. The molecule has 0 bridgehead atoms. The van der Waals surface area contributed by atoms with Crippen molar-refractivity contribution >= 4 is 11.7 Å². The molecule has 8 nitrogen and oxygen atoms in total. The van der Waals surface area contributed by atoms with Gasteiger partial charge in [0, 0.05) is 50.1 Å². The second-order valence-corrected chi connectivity index (χ2v) is 9.36. The zero-order valence-corrected chi connectivity index (χ0v) is 20.6. The number of halogens is 6.